The Balaban J connectivity index is 1.42. The average molecular weight is 452 g/mol. The van der Waals surface area contributed by atoms with Gasteiger partial charge < -0.3 is 5.11 Å². The molecule has 4 aliphatic carbocycles. The van der Waals surface area contributed by atoms with Crippen molar-refractivity contribution in [1.82, 2.24) is 14.1 Å². The molecule has 0 saturated heterocycles. The lowest BCUT2D eigenvalue weighted by Crippen LogP contribution is -2.56. The third-order valence-corrected chi connectivity index (χ3v) is 11.2. The highest BCUT2D eigenvalue weighted by molar-refractivity contribution is 5.75. The van der Waals surface area contributed by atoms with E-state index in [1.807, 2.05) is 6.07 Å². The first kappa shape index (κ1) is 21.6. The molecule has 0 spiro atoms. The molecule has 2 aromatic heterocycles. The van der Waals surface area contributed by atoms with Crippen molar-refractivity contribution in [3.63, 3.8) is 0 Å². The van der Waals surface area contributed by atoms with Gasteiger partial charge >= 0.3 is 5.69 Å². The Bertz CT molecular complexity index is 1290. The van der Waals surface area contributed by atoms with Gasteiger partial charge in [0.2, 0.25) is 0 Å². The number of aryl methyl sites for hydroxylation is 1. The molecule has 3 fully saturated rings. The van der Waals surface area contributed by atoms with Gasteiger partial charge in [-0.25, -0.2) is 9.78 Å². The fraction of sp³-hybridized carbons (Fsp3) is 0.741. The lowest BCUT2D eigenvalue weighted by atomic mass is 9.44. The maximum Gasteiger partial charge on any atom is 0.332 e. The molecule has 0 aromatic carbocycles. The number of rotatable bonds is 0. The quantitative estimate of drug-likeness (QED) is 0.666. The maximum atomic E-state index is 12.9. The molecule has 0 bridgehead atoms. The number of pyridine rings is 1. The SMILES string of the molecule is Cn1c(=O)c2cc3c(nc2n(C)c1=O)C[C@@H]1CCC2C4CC[C@](C)(O)[C@@]4(C)CCC2[C@@]1(C)C3. The summed E-state index contributed by atoms with van der Waals surface area (Å²) in [5.41, 5.74) is 1.92. The van der Waals surface area contributed by atoms with E-state index in [-0.39, 0.29) is 22.1 Å². The molecule has 2 heterocycles. The molecule has 4 aliphatic rings. The van der Waals surface area contributed by atoms with Gasteiger partial charge in [-0.1, -0.05) is 13.8 Å². The van der Waals surface area contributed by atoms with Gasteiger partial charge in [-0.2, -0.15) is 0 Å². The highest BCUT2D eigenvalue weighted by Crippen LogP contribution is 2.67. The number of fused-ring (bicyclic) bond motifs is 7. The predicted molar refractivity (Wildman–Crippen MR) is 128 cm³/mol. The van der Waals surface area contributed by atoms with Crippen LogP contribution < -0.4 is 11.2 Å². The molecule has 178 valence electrons. The molecular weight excluding hydrogens is 414 g/mol. The molecule has 0 radical (unpaired) electrons. The van der Waals surface area contributed by atoms with Crippen molar-refractivity contribution in [2.24, 2.45) is 48.6 Å². The Kier molecular flexibility index (Phi) is 4.31. The monoisotopic (exact) mass is 451 g/mol. The summed E-state index contributed by atoms with van der Waals surface area (Å²) in [6.07, 6.45) is 8.74. The lowest BCUT2D eigenvalue weighted by molar-refractivity contribution is -0.139. The van der Waals surface area contributed by atoms with Crippen molar-refractivity contribution in [2.75, 3.05) is 0 Å². The molecular formula is C27H37N3O3. The molecule has 3 saturated carbocycles. The van der Waals surface area contributed by atoms with Crippen molar-refractivity contribution in [3.05, 3.63) is 38.2 Å². The van der Waals surface area contributed by atoms with Crippen LogP contribution in [0, 0.1) is 34.5 Å². The van der Waals surface area contributed by atoms with E-state index >= 15 is 0 Å². The Hall–Kier alpha value is -1.95. The van der Waals surface area contributed by atoms with Gasteiger partial charge in [-0.15, -0.1) is 0 Å². The number of aliphatic hydroxyl groups is 1. The molecule has 0 aliphatic heterocycles. The van der Waals surface area contributed by atoms with Crippen LogP contribution in [0.4, 0.5) is 0 Å². The summed E-state index contributed by atoms with van der Waals surface area (Å²) in [6.45, 7) is 6.92. The van der Waals surface area contributed by atoms with E-state index in [1.165, 1.54) is 34.0 Å². The first-order chi connectivity index (χ1) is 15.5. The van der Waals surface area contributed by atoms with Gasteiger partial charge in [0.1, 0.15) is 5.65 Å². The largest absolute Gasteiger partial charge is 0.390 e. The van der Waals surface area contributed by atoms with Gasteiger partial charge in [0.05, 0.1) is 11.0 Å². The van der Waals surface area contributed by atoms with Crippen LogP contribution in [-0.2, 0) is 26.9 Å². The highest BCUT2D eigenvalue weighted by Gasteiger charge is 2.63. The summed E-state index contributed by atoms with van der Waals surface area (Å²) in [5.74, 6) is 2.55. The van der Waals surface area contributed by atoms with E-state index in [0.717, 1.165) is 37.8 Å². The molecule has 1 N–H and O–H groups in total. The third-order valence-electron chi connectivity index (χ3n) is 11.2. The fourth-order valence-electron chi connectivity index (χ4n) is 8.94. The molecule has 7 atom stereocenters. The summed E-state index contributed by atoms with van der Waals surface area (Å²) in [4.78, 5) is 30.2. The Labute approximate surface area is 195 Å². The van der Waals surface area contributed by atoms with E-state index in [0.29, 0.717) is 34.7 Å². The minimum Gasteiger partial charge on any atom is -0.390 e. The van der Waals surface area contributed by atoms with Crippen molar-refractivity contribution < 1.29 is 5.11 Å². The second-order valence-electron chi connectivity index (χ2n) is 12.5. The van der Waals surface area contributed by atoms with Crippen molar-refractivity contribution in [2.45, 2.75) is 77.7 Å². The summed E-state index contributed by atoms with van der Waals surface area (Å²) >= 11 is 0. The smallest absolute Gasteiger partial charge is 0.332 e. The van der Waals surface area contributed by atoms with E-state index in [1.54, 1.807) is 14.1 Å². The Morgan fingerprint density at radius 2 is 1.73 bits per heavy atom. The number of hydrogen-bond acceptors (Lipinski definition) is 4. The van der Waals surface area contributed by atoms with E-state index in [2.05, 4.69) is 20.8 Å². The van der Waals surface area contributed by atoms with Crippen LogP contribution in [0.1, 0.15) is 70.6 Å². The van der Waals surface area contributed by atoms with Crippen molar-refractivity contribution in [1.29, 1.82) is 0 Å². The Morgan fingerprint density at radius 1 is 1.00 bits per heavy atom. The molecule has 2 aromatic rings. The number of hydrogen-bond donors (Lipinski definition) is 1. The minimum atomic E-state index is -0.543. The summed E-state index contributed by atoms with van der Waals surface area (Å²) in [6, 6.07) is 2.04. The topological polar surface area (TPSA) is 77.1 Å². The summed E-state index contributed by atoms with van der Waals surface area (Å²) in [5, 5.41) is 11.7. The Morgan fingerprint density at radius 3 is 2.48 bits per heavy atom. The van der Waals surface area contributed by atoms with Gasteiger partial charge in [0.15, 0.2) is 0 Å². The first-order valence-corrected chi connectivity index (χ1v) is 12.8. The van der Waals surface area contributed by atoms with Crippen LogP contribution in [0.25, 0.3) is 11.0 Å². The zero-order valence-electron chi connectivity index (χ0n) is 20.6. The zero-order valence-corrected chi connectivity index (χ0v) is 20.6. The first-order valence-electron chi connectivity index (χ1n) is 12.8. The van der Waals surface area contributed by atoms with E-state index in [4.69, 9.17) is 4.98 Å². The zero-order chi connectivity index (χ0) is 23.5. The summed E-state index contributed by atoms with van der Waals surface area (Å²) in [7, 11) is 3.25. The fourth-order valence-corrected chi connectivity index (χ4v) is 8.94. The van der Waals surface area contributed by atoms with Crippen molar-refractivity contribution in [3.8, 4) is 0 Å². The second kappa shape index (κ2) is 6.59. The maximum absolute atomic E-state index is 12.9. The van der Waals surface area contributed by atoms with Crippen LogP contribution in [0.2, 0.25) is 0 Å². The molecule has 0 amide bonds. The average Bonchev–Trinajstić information content (AvgIpc) is 3.02. The molecule has 6 rings (SSSR count). The number of aromatic nitrogens is 3. The van der Waals surface area contributed by atoms with Gasteiger partial charge in [-0.05, 0) is 104 Å². The molecule has 6 heteroatoms. The normalized spacial score (nSPS) is 41.9. The van der Waals surface area contributed by atoms with Gasteiger partial charge in [0.25, 0.3) is 5.56 Å². The summed E-state index contributed by atoms with van der Waals surface area (Å²) < 4.78 is 2.70. The molecule has 33 heavy (non-hydrogen) atoms. The van der Waals surface area contributed by atoms with Gasteiger partial charge in [0, 0.05) is 19.8 Å². The third kappa shape index (κ3) is 2.62. The minimum absolute atomic E-state index is 0.0404. The number of nitrogens with zero attached hydrogens (tertiary/aromatic N) is 3. The lowest BCUT2D eigenvalue weighted by Gasteiger charge is -2.61. The molecule has 3 unspecified atom stereocenters. The predicted octanol–water partition coefficient (Wildman–Crippen LogP) is 3.34. The van der Waals surface area contributed by atoms with E-state index < -0.39 is 5.60 Å². The second-order valence-corrected chi connectivity index (χ2v) is 12.5. The highest BCUT2D eigenvalue weighted by atomic mass is 16.3. The van der Waals surface area contributed by atoms with Crippen LogP contribution in [0.15, 0.2) is 15.7 Å². The van der Waals surface area contributed by atoms with Crippen LogP contribution in [-0.4, -0.2) is 24.8 Å². The standard InChI is InChI=1S/C27H37N3O3/c1-25-14-15-12-18-22(29(4)24(32)30(5)23(18)31)28-21(15)13-16(25)6-7-17-19(25)8-10-26(2)20(17)9-11-27(26,3)33/h12,16-17,19-20,33H,6-11,13-14H2,1-5H3/t16-,17?,19?,20?,25-,26-,27-/m0/s1. The van der Waals surface area contributed by atoms with Gasteiger partial charge in [-0.3, -0.25) is 13.9 Å². The van der Waals surface area contributed by atoms with Crippen LogP contribution in [0.3, 0.4) is 0 Å². The van der Waals surface area contributed by atoms with Crippen LogP contribution >= 0.6 is 0 Å². The molecule has 6 nitrogen and oxygen atoms in total. The van der Waals surface area contributed by atoms with E-state index in [9.17, 15) is 14.7 Å². The van der Waals surface area contributed by atoms with Crippen molar-refractivity contribution >= 4 is 11.0 Å². The van der Waals surface area contributed by atoms with Crippen LogP contribution in [0.5, 0.6) is 0 Å².